The van der Waals surface area contributed by atoms with E-state index in [1.54, 1.807) is 30.3 Å². The lowest BCUT2D eigenvalue weighted by atomic mass is 9.63. The molecule has 4 aromatic carbocycles. The number of anilines is 2. The maximum absolute atomic E-state index is 15.2. The van der Waals surface area contributed by atoms with E-state index in [4.69, 9.17) is 9.47 Å². The van der Waals surface area contributed by atoms with Crippen molar-refractivity contribution in [1.82, 2.24) is 0 Å². The van der Waals surface area contributed by atoms with Gasteiger partial charge in [-0.05, 0) is 61.4 Å². The maximum Gasteiger partial charge on any atom is 0.238 e. The van der Waals surface area contributed by atoms with Crippen LogP contribution in [0.2, 0.25) is 0 Å². The Hall–Kier alpha value is -5.17. The molecule has 44 heavy (non-hydrogen) atoms. The number of nitrogens with zero attached hydrogens (tertiary/aromatic N) is 1. The fraction of sp³-hybridized carbons (Fsp3) is 0.216. The van der Waals surface area contributed by atoms with Gasteiger partial charge in [-0.3, -0.25) is 14.4 Å². The van der Waals surface area contributed by atoms with Crippen molar-refractivity contribution in [2.75, 3.05) is 24.4 Å². The topological polar surface area (TPSA) is 84.9 Å². The molecule has 4 aromatic rings. The number of rotatable bonds is 6. The standard InChI is InChI=1S/C37H32N2O5/c1-21-14-16-29-25(18-21)22(2)19-31-37(27-12-8-9-13-28(27)38-36(37)42)32(33(39(29)31)34(40)23-10-6-5-7-11-23)35(41)26-20-24(43-3)15-17-30(26)44-4/h5-20,31-33H,1-4H3,(H,38,42)/t31-,32+,33-,37+/m0/s1. The van der Waals surface area contributed by atoms with Gasteiger partial charge in [0.15, 0.2) is 11.6 Å². The van der Waals surface area contributed by atoms with Crippen molar-refractivity contribution in [3.05, 3.63) is 125 Å². The molecule has 1 fully saturated rings. The van der Waals surface area contributed by atoms with Gasteiger partial charge in [0, 0.05) is 22.5 Å². The van der Waals surface area contributed by atoms with Crippen molar-refractivity contribution in [1.29, 1.82) is 0 Å². The summed E-state index contributed by atoms with van der Waals surface area (Å²) < 4.78 is 11.2. The highest BCUT2D eigenvalue weighted by molar-refractivity contribution is 6.19. The second kappa shape index (κ2) is 10.2. The van der Waals surface area contributed by atoms with E-state index in [-0.39, 0.29) is 23.0 Å². The normalized spacial score (nSPS) is 22.9. The van der Waals surface area contributed by atoms with Crippen molar-refractivity contribution in [2.45, 2.75) is 31.3 Å². The molecular formula is C37H32N2O5. The molecule has 0 radical (unpaired) electrons. The van der Waals surface area contributed by atoms with Gasteiger partial charge < -0.3 is 19.7 Å². The summed E-state index contributed by atoms with van der Waals surface area (Å²) in [4.78, 5) is 46.7. The van der Waals surface area contributed by atoms with Crippen LogP contribution in [0.15, 0.2) is 97.1 Å². The molecule has 7 heteroatoms. The monoisotopic (exact) mass is 584 g/mol. The summed E-state index contributed by atoms with van der Waals surface area (Å²) in [6.45, 7) is 4.05. The van der Waals surface area contributed by atoms with E-state index in [9.17, 15) is 9.59 Å². The van der Waals surface area contributed by atoms with Crippen molar-refractivity contribution in [3.8, 4) is 11.5 Å². The third-order valence-electron chi connectivity index (χ3n) is 9.41. The SMILES string of the molecule is COc1ccc(OC)c(C(=O)[C@H]2[C@@H](C(=O)c3ccccc3)N3c4ccc(C)cc4C(C)=C[C@H]3[C@@]23C(=O)Nc2ccccc23)c1. The highest BCUT2D eigenvalue weighted by Gasteiger charge is 2.70. The molecule has 0 aliphatic carbocycles. The number of nitrogens with one attached hydrogen (secondary N) is 1. The molecule has 1 N–H and O–H groups in total. The van der Waals surface area contributed by atoms with E-state index >= 15 is 4.79 Å². The van der Waals surface area contributed by atoms with Crippen LogP contribution in [0.5, 0.6) is 11.5 Å². The van der Waals surface area contributed by atoms with Gasteiger partial charge in [0.05, 0.1) is 31.7 Å². The number of fused-ring (bicyclic) bond motifs is 6. The van der Waals surface area contributed by atoms with E-state index in [1.165, 1.54) is 14.2 Å². The predicted octanol–water partition coefficient (Wildman–Crippen LogP) is 6.26. The number of amides is 1. The second-order valence-corrected chi connectivity index (χ2v) is 11.7. The molecule has 3 aliphatic heterocycles. The largest absolute Gasteiger partial charge is 0.497 e. The summed E-state index contributed by atoms with van der Waals surface area (Å²) in [6, 6.07) is 26.0. The number of hydrogen-bond acceptors (Lipinski definition) is 6. The first-order chi connectivity index (χ1) is 21.3. The molecule has 0 saturated carbocycles. The number of hydrogen-bond donors (Lipinski definition) is 1. The molecule has 3 heterocycles. The fourth-order valence-electron chi connectivity index (χ4n) is 7.49. The van der Waals surface area contributed by atoms with Gasteiger partial charge in [-0.1, -0.05) is 66.2 Å². The van der Waals surface area contributed by atoms with E-state index in [2.05, 4.69) is 17.5 Å². The van der Waals surface area contributed by atoms with Crippen molar-refractivity contribution in [2.24, 2.45) is 5.92 Å². The zero-order chi connectivity index (χ0) is 30.7. The first-order valence-electron chi connectivity index (χ1n) is 14.7. The summed E-state index contributed by atoms with van der Waals surface area (Å²) in [5.74, 6) is -1.20. The summed E-state index contributed by atoms with van der Waals surface area (Å²) in [5.41, 5.74) is 4.50. The number of para-hydroxylation sites is 1. The fourth-order valence-corrected chi connectivity index (χ4v) is 7.49. The molecule has 4 atom stereocenters. The lowest BCUT2D eigenvalue weighted by Crippen LogP contribution is -2.51. The average molecular weight is 585 g/mol. The lowest BCUT2D eigenvalue weighted by Gasteiger charge is -2.39. The molecular weight excluding hydrogens is 552 g/mol. The molecule has 0 unspecified atom stereocenters. The van der Waals surface area contributed by atoms with E-state index < -0.39 is 23.4 Å². The van der Waals surface area contributed by atoms with E-state index in [0.717, 1.165) is 22.4 Å². The number of methoxy groups -OCH3 is 2. The predicted molar refractivity (Wildman–Crippen MR) is 170 cm³/mol. The molecule has 3 aliphatic rings. The Labute approximate surface area is 256 Å². The van der Waals surface area contributed by atoms with Crippen molar-refractivity contribution < 1.29 is 23.9 Å². The second-order valence-electron chi connectivity index (χ2n) is 11.7. The van der Waals surface area contributed by atoms with Crippen LogP contribution < -0.4 is 19.7 Å². The zero-order valence-electron chi connectivity index (χ0n) is 25.0. The molecule has 1 saturated heterocycles. The lowest BCUT2D eigenvalue weighted by molar-refractivity contribution is -0.121. The number of ether oxygens (including phenoxy) is 2. The average Bonchev–Trinajstić information content (AvgIpc) is 3.52. The Morgan fingerprint density at radius 2 is 1.59 bits per heavy atom. The van der Waals surface area contributed by atoms with Gasteiger partial charge in [-0.15, -0.1) is 0 Å². The van der Waals surface area contributed by atoms with Crippen molar-refractivity contribution in [3.63, 3.8) is 0 Å². The molecule has 1 spiro atoms. The minimum atomic E-state index is -1.42. The Morgan fingerprint density at radius 3 is 2.34 bits per heavy atom. The van der Waals surface area contributed by atoms with Gasteiger partial charge >= 0.3 is 0 Å². The zero-order valence-corrected chi connectivity index (χ0v) is 25.0. The molecule has 7 rings (SSSR count). The van der Waals surface area contributed by atoms with Crippen LogP contribution in [-0.4, -0.2) is 43.8 Å². The van der Waals surface area contributed by atoms with E-state index in [0.29, 0.717) is 28.3 Å². The Kier molecular flexibility index (Phi) is 6.43. The minimum absolute atomic E-state index is 0.232. The Balaban J connectivity index is 1.57. The first-order valence-corrected chi connectivity index (χ1v) is 14.7. The smallest absolute Gasteiger partial charge is 0.238 e. The Morgan fingerprint density at radius 1 is 0.841 bits per heavy atom. The highest BCUT2D eigenvalue weighted by Crippen LogP contribution is 2.59. The molecule has 1 amide bonds. The number of carbonyl (C=O) groups excluding carboxylic acids is 3. The summed E-state index contributed by atoms with van der Waals surface area (Å²) in [5, 5.41) is 3.08. The van der Waals surface area contributed by atoms with Crippen LogP contribution in [0.4, 0.5) is 11.4 Å². The van der Waals surface area contributed by atoms with Gasteiger partial charge in [-0.2, -0.15) is 0 Å². The number of aryl methyl sites for hydroxylation is 1. The molecule has 0 aromatic heterocycles. The maximum atomic E-state index is 15.2. The number of Topliss-reactive ketones (excluding diaryl/α,β-unsaturated/α-hetero) is 2. The van der Waals surface area contributed by atoms with E-state index in [1.807, 2.05) is 73.3 Å². The number of carbonyl (C=O) groups is 3. The van der Waals surface area contributed by atoms with Crippen molar-refractivity contribution >= 4 is 34.4 Å². The third kappa shape index (κ3) is 3.78. The number of allylic oxidation sites excluding steroid dienone is 1. The molecule has 220 valence electrons. The van der Waals surface area contributed by atoms with Gasteiger partial charge in [0.25, 0.3) is 0 Å². The van der Waals surface area contributed by atoms with Gasteiger partial charge in [-0.25, -0.2) is 0 Å². The van der Waals surface area contributed by atoms with Crippen LogP contribution in [0.3, 0.4) is 0 Å². The quantitative estimate of drug-likeness (QED) is 0.270. The molecule has 7 nitrogen and oxygen atoms in total. The van der Waals surface area contributed by atoms with Gasteiger partial charge in [0.2, 0.25) is 5.91 Å². The number of benzene rings is 4. The van der Waals surface area contributed by atoms with Crippen LogP contribution in [0.1, 0.15) is 44.3 Å². The van der Waals surface area contributed by atoms with Crippen LogP contribution in [0.25, 0.3) is 5.57 Å². The van der Waals surface area contributed by atoms with Crippen LogP contribution in [-0.2, 0) is 10.2 Å². The molecule has 0 bridgehead atoms. The van der Waals surface area contributed by atoms with Crippen LogP contribution >= 0.6 is 0 Å². The highest BCUT2D eigenvalue weighted by atomic mass is 16.5. The Bertz CT molecular complexity index is 1880. The number of ketones is 2. The third-order valence-corrected chi connectivity index (χ3v) is 9.41. The summed E-state index contributed by atoms with van der Waals surface area (Å²) in [6.07, 6.45) is 2.06. The van der Waals surface area contributed by atoms with Gasteiger partial charge in [0.1, 0.15) is 23.0 Å². The first kappa shape index (κ1) is 27.7. The summed E-state index contributed by atoms with van der Waals surface area (Å²) in [7, 11) is 3.03. The van der Waals surface area contributed by atoms with Crippen LogP contribution in [0, 0.1) is 12.8 Å². The summed E-state index contributed by atoms with van der Waals surface area (Å²) >= 11 is 0. The minimum Gasteiger partial charge on any atom is -0.497 e.